The SMILES string of the molecule is CC=C[SH](CCNC(=O)CCNC(=O)C(O)C(C)(C)COP(=O)(O)OP(=O)(O)OC[C@H]1O[C@@H](n2cnc3c(N)ncnc32)[C@H](O)[C@@H]1OP(=O)(O)O)C(C)=O. The highest BCUT2D eigenvalue weighted by Gasteiger charge is 2.50. The topological polar surface area (TPSA) is 364 Å². The number of carbonyl (C=O) groups excluding carboxylic acids is 3. The van der Waals surface area contributed by atoms with E-state index in [2.05, 4.69) is 34.4 Å². The lowest BCUT2D eigenvalue weighted by molar-refractivity contribution is -0.137. The number of amides is 2. The van der Waals surface area contributed by atoms with Gasteiger partial charge in [-0.1, -0.05) is 19.9 Å². The number of phosphoric ester groups is 3. The molecule has 0 radical (unpaired) electrons. The average molecular weight is 852 g/mol. The van der Waals surface area contributed by atoms with Crippen LogP contribution in [0, 0.1) is 5.41 Å². The summed E-state index contributed by atoms with van der Waals surface area (Å²) in [4.78, 5) is 87.2. The number of allylic oxidation sites excluding steroid dienone is 1. The molecule has 0 bridgehead atoms. The molecule has 306 valence electrons. The first-order chi connectivity index (χ1) is 25.0. The number of nitrogens with two attached hydrogens (primary N) is 1. The Morgan fingerprint density at radius 3 is 2.39 bits per heavy atom. The normalized spacial score (nSPS) is 23.1. The van der Waals surface area contributed by atoms with Crippen molar-refractivity contribution in [2.45, 2.75) is 64.8 Å². The highest BCUT2D eigenvalue weighted by Crippen LogP contribution is 2.61. The second kappa shape index (κ2) is 19.0. The maximum atomic E-state index is 12.7. The number of carbonyl (C=O) groups is 3. The van der Waals surface area contributed by atoms with E-state index in [-0.39, 0.29) is 41.6 Å². The molecule has 3 heterocycles. The number of hydrogen-bond donors (Lipinski definition) is 10. The highest BCUT2D eigenvalue weighted by molar-refractivity contribution is 8.32. The van der Waals surface area contributed by atoms with Gasteiger partial charge in [-0.25, -0.2) is 28.6 Å². The third-order valence-electron chi connectivity index (χ3n) is 7.49. The molecule has 0 saturated carbocycles. The van der Waals surface area contributed by atoms with E-state index >= 15 is 0 Å². The van der Waals surface area contributed by atoms with Crippen molar-refractivity contribution in [1.82, 2.24) is 30.2 Å². The number of aromatic nitrogens is 4. The van der Waals surface area contributed by atoms with Gasteiger partial charge < -0.3 is 50.9 Å². The van der Waals surface area contributed by atoms with Gasteiger partial charge >= 0.3 is 23.5 Å². The zero-order valence-corrected chi connectivity index (χ0v) is 32.8. The van der Waals surface area contributed by atoms with Crippen LogP contribution in [-0.4, -0.2) is 123 Å². The number of phosphoric acid groups is 3. The van der Waals surface area contributed by atoms with Crippen molar-refractivity contribution in [2.75, 3.05) is 37.8 Å². The van der Waals surface area contributed by atoms with Gasteiger partial charge in [0.25, 0.3) is 0 Å². The summed E-state index contributed by atoms with van der Waals surface area (Å²) in [6.45, 7) is 3.79. The van der Waals surface area contributed by atoms with Crippen molar-refractivity contribution in [2.24, 2.45) is 5.41 Å². The molecule has 1 saturated heterocycles. The lowest BCUT2D eigenvalue weighted by Gasteiger charge is -2.30. The van der Waals surface area contributed by atoms with Crippen LogP contribution >= 0.6 is 34.4 Å². The summed E-state index contributed by atoms with van der Waals surface area (Å²) < 4.78 is 62.0. The van der Waals surface area contributed by atoms with E-state index in [1.54, 1.807) is 18.4 Å². The molecule has 2 aromatic rings. The number of thiol groups is 1. The number of fused-ring (bicyclic) bond motifs is 1. The van der Waals surface area contributed by atoms with Crippen LogP contribution in [0.1, 0.15) is 40.3 Å². The van der Waals surface area contributed by atoms with Crippen molar-refractivity contribution in [3.8, 4) is 0 Å². The summed E-state index contributed by atoms with van der Waals surface area (Å²) in [6.07, 6.45) is -5.14. The van der Waals surface area contributed by atoms with Crippen LogP contribution in [0.25, 0.3) is 11.2 Å². The molecule has 4 unspecified atom stereocenters. The molecular formula is C26H44N7O17P3S. The van der Waals surface area contributed by atoms with Crippen molar-refractivity contribution < 1.29 is 80.5 Å². The molecule has 8 atom stereocenters. The predicted octanol–water partition coefficient (Wildman–Crippen LogP) is -0.514. The second-order valence-electron chi connectivity index (χ2n) is 12.3. The van der Waals surface area contributed by atoms with Gasteiger partial charge in [0.2, 0.25) is 11.8 Å². The molecule has 1 aliphatic rings. The Hall–Kier alpha value is -2.70. The Morgan fingerprint density at radius 1 is 1.09 bits per heavy atom. The Bertz CT molecular complexity index is 1830. The standard InChI is InChI=1S/C26H44N7O17P3S/c1-5-9-54(15(2)34)10-8-28-17(35)6-7-29-24(38)21(37)26(3,4)12-47-53(44,45)50-52(42,43)46-11-16-20(49-51(39,40)41)19(36)25(48-16)33-14-32-18-22(27)30-13-31-23(18)33/h5,9,13-14,16,19-21,25,36-37,54H,6-8,10-12H2,1-4H3,(H,28,35)(H,29,38)(H,42,43)(H,44,45)(H2,27,30,31)(H2,39,40,41)/t16-,19-,20-,21?,25-/m1/s1. The maximum Gasteiger partial charge on any atom is 0.481 e. The van der Waals surface area contributed by atoms with E-state index in [1.165, 1.54) is 20.8 Å². The number of ether oxygens (including phenoxy) is 1. The van der Waals surface area contributed by atoms with Crippen LogP contribution in [0.5, 0.6) is 0 Å². The summed E-state index contributed by atoms with van der Waals surface area (Å²) in [5.74, 6) is -0.992. The zero-order valence-electron chi connectivity index (χ0n) is 29.3. The van der Waals surface area contributed by atoms with Gasteiger partial charge in [0.05, 0.1) is 19.5 Å². The first kappa shape index (κ1) is 45.7. The van der Waals surface area contributed by atoms with Gasteiger partial charge in [0.1, 0.15) is 36.3 Å². The zero-order chi connectivity index (χ0) is 40.6. The predicted molar refractivity (Wildman–Crippen MR) is 189 cm³/mol. The molecule has 0 aliphatic carbocycles. The summed E-state index contributed by atoms with van der Waals surface area (Å²) in [6, 6.07) is 0. The van der Waals surface area contributed by atoms with Crippen LogP contribution in [0.2, 0.25) is 0 Å². The van der Waals surface area contributed by atoms with Gasteiger partial charge in [-0.15, -0.1) is 0 Å². The molecule has 28 heteroatoms. The minimum atomic E-state index is -5.57. The number of anilines is 1. The third-order valence-corrected chi connectivity index (χ3v) is 12.8. The van der Waals surface area contributed by atoms with Crippen LogP contribution in [-0.2, 0) is 50.7 Å². The van der Waals surface area contributed by atoms with Crippen molar-refractivity contribution in [3.05, 3.63) is 24.1 Å². The largest absolute Gasteiger partial charge is 0.481 e. The fourth-order valence-electron chi connectivity index (χ4n) is 4.77. The number of hydrogen-bond acceptors (Lipinski definition) is 17. The first-order valence-corrected chi connectivity index (χ1v) is 21.9. The number of nitrogen functional groups attached to an aromatic ring is 1. The van der Waals surface area contributed by atoms with Crippen molar-refractivity contribution in [1.29, 1.82) is 0 Å². The number of rotatable bonds is 20. The molecule has 0 aromatic carbocycles. The highest BCUT2D eigenvalue weighted by atomic mass is 32.2. The van der Waals surface area contributed by atoms with E-state index in [1.807, 2.05) is 0 Å². The van der Waals surface area contributed by atoms with Gasteiger partial charge in [0.15, 0.2) is 22.8 Å². The number of nitrogens with zero attached hydrogens (tertiary/aromatic N) is 4. The molecule has 54 heavy (non-hydrogen) atoms. The fourth-order valence-corrected chi connectivity index (χ4v) is 8.99. The fraction of sp³-hybridized carbons (Fsp3) is 0.615. The Labute approximate surface area is 310 Å². The Kier molecular flexibility index (Phi) is 16.0. The van der Waals surface area contributed by atoms with Crippen molar-refractivity contribution >= 4 is 68.3 Å². The molecule has 3 rings (SSSR count). The van der Waals surface area contributed by atoms with E-state index in [4.69, 9.17) is 19.5 Å². The summed E-state index contributed by atoms with van der Waals surface area (Å²) in [5.41, 5.74) is 4.26. The molecule has 0 spiro atoms. The van der Waals surface area contributed by atoms with Gasteiger partial charge in [-0.2, -0.15) is 15.2 Å². The van der Waals surface area contributed by atoms with E-state index in [9.17, 15) is 57.9 Å². The van der Waals surface area contributed by atoms with Gasteiger partial charge in [-0.3, -0.25) is 32.5 Å². The maximum absolute atomic E-state index is 12.7. The quantitative estimate of drug-likeness (QED) is 0.0592. The van der Waals surface area contributed by atoms with Gasteiger partial charge in [0, 0.05) is 37.6 Å². The summed E-state index contributed by atoms with van der Waals surface area (Å²) in [5, 5.41) is 28.2. The van der Waals surface area contributed by atoms with E-state index in [0.717, 1.165) is 17.2 Å². The van der Waals surface area contributed by atoms with Crippen molar-refractivity contribution in [3.63, 3.8) is 0 Å². The van der Waals surface area contributed by atoms with E-state index < -0.39 is 95.4 Å². The van der Waals surface area contributed by atoms with Crippen LogP contribution in [0.3, 0.4) is 0 Å². The molecule has 10 N–H and O–H groups in total. The number of imidazole rings is 1. The first-order valence-electron chi connectivity index (χ1n) is 15.8. The van der Waals surface area contributed by atoms with Gasteiger partial charge in [-0.05, 0) is 12.3 Å². The van der Waals surface area contributed by atoms with Crippen LogP contribution in [0.4, 0.5) is 5.82 Å². The summed E-state index contributed by atoms with van der Waals surface area (Å²) in [7, 11) is -17.4. The monoisotopic (exact) mass is 851 g/mol. The molecule has 1 aliphatic heterocycles. The minimum Gasteiger partial charge on any atom is -0.386 e. The molecule has 2 amide bonds. The van der Waals surface area contributed by atoms with Crippen LogP contribution < -0.4 is 16.4 Å². The Morgan fingerprint density at radius 2 is 1.76 bits per heavy atom. The van der Waals surface area contributed by atoms with Crippen LogP contribution in [0.15, 0.2) is 24.1 Å². The second-order valence-corrected chi connectivity index (χ2v) is 18.8. The Balaban J connectivity index is 1.53. The third kappa shape index (κ3) is 13.2. The number of aliphatic hydroxyl groups excluding tert-OH is 2. The average Bonchev–Trinajstić information content (AvgIpc) is 3.62. The smallest absolute Gasteiger partial charge is 0.386 e. The van der Waals surface area contributed by atoms with E-state index in [0.29, 0.717) is 5.75 Å². The summed E-state index contributed by atoms with van der Waals surface area (Å²) >= 11 is 0. The molecule has 24 nitrogen and oxygen atoms in total. The molecular weight excluding hydrogens is 807 g/mol. The number of nitrogens with one attached hydrogen (secondary N) is 2. The number of aliphatic hydroxyl groups is 2. The minimum absolute atomic E-state index is 0.00859. The lowest BCUT2D eigenvalue weighted by Crippen LogP contribution is -2.46. The molecule has 2 aromatic heterocycles. The molecule has 1 fully saturated rings. The lowest BCUT2D eigenvalue weighted by atomic mass is 9.87.